The van der Waals surface area contributed by atoms with E-state index in [0.29, 0.717) is 11.6 Å². The number of rotatable bonds is 6. The summed E-state index contributed by atoms with van der Waals surface area (Å²) in [6.07, 6.45) is 1.47. The molecule has 2 rings (SSSR count). The molecule has 2 aromatic heterocycles. The van der Waals surface area contributed by atoms with Crippen LogP contribution in [0.25, 0.3) is 0 Å². The Hall–Kier alpha value is -2.26. The predicted octanol–water partition coefficient (Wildman–Crippen LogP) is 0.823. The highest BCUT2D eigenvalue weighted by atomic mass is 32.1. The van der Waals surface area contributed by atoms with Crippen LogP contribution in [0.15, 0.2) is 17.6 Å². The Labute approximate surface area is 118 Å². The largest absolute Gasteiger partial charge is 0.480 e. The Bertz CT molecular complexity index is 621. The second-order valence-electron chi connectivity index (χ2n) is 3.81. The molecule has 0 fully saturated rings. The molecule has 0 spiro atoms. The summed E-state index contributed by atoms with van der Waals surface area (Å²) < 4.78 is 6.14. The van der Waals surface area contributed by atoms with E-state index in [4.69, 9.17) is 9.84 Å². The Kier molecular flexibility index (Phi) is 4.43. The number of methoxy groups -OCH3 is 1. The minimum atomic E-state index is -1.00. The molecular formula is C11H12N4O4S. The Morgan fingerprint density at radius 1 is 1.55 bits per heavy atom. The van der Waals surface area contributed by atoms with E-state index in [0.717, 1.165) is 0 Å². The number of hydrogen-bond donors (Lipinski definition) is 2. The highest BCUT2D eigenvalue weighted by Gasteiger charge is 2.12. The van der Waals surface area contributed by atoms with Gasteiger partial charge in [0.15, 0.2) is 5.82 Å². The average molecular weight is 296 g/mol. The number of aromatic nitrogens is 3. The molecule has 0 saturated carbocycles. The number of thiazole rings is 1. The van der Waals surface area contributed by atoms with Gasteiger partial charge in [-0.05, 0) is 0 Å². The summed E-state index contributed by atoms with van der Waals surface area (Å²) in [7, 11) is 1.55. The molecule has 0 radical (unpaired) electrons. The molecule has 0 aliphatic heterocycles. The van der Waals surface area contributed by atoms with Gasteiger partial charge in [-0.2, -0.15) is 5.10 Å². The van der Waals surface area contributed by atoms with E-state index in [1.54, 1.807) is 12.5 Å². The first-order valence-corrected chi connectivity index (χ1v) is 6.46. The summed E-state index contributed by atoms with van der Waals surface area (Å²) in [5.74, 6) is -1.13. The Balaban J connectivity index is 1.99. The first-order chi connectivity index (χ1) is 9.58. The molecular weight excluding hydrogens is 284 g/mol. The number of amides is 1. The monoisotopic (exact) mass is 296 g/mol. The number of hydrogen-bond acceptors (Lipinski definition) is 6. The number of carboxylic acids is 1. The van der Waals surface area contributed by atoms with Gasteiger partial charge >= 0.3 is 5.97 Å². The summed E-state index contributed by atoms with van der Waals surface area (Å²) in [6.45, 7) is 0.0930. The zero-order chi connectivity index (χ0) is 14.5. The molecule has 0 unspecified atom stereocenters. The van der Waals surface area contributed by atoms with Crippen LogP contribution < -0.4 is 5.32 Å². The third kappa shape index (κ3) is 3.62. The molecule has 0 saturated heterocycles. The van der Waals surface area contributed by atoms with Crippen molar-refractivity contribution in [2.75, 3.05) is 12.4 Å². The highest BCUT2D eigenvalue weighted by molar-refractivity contribution is 7.09. The number of nitrogens with zero attached hydrogens (tertiary/aromatic N) is 3. The van der Waals surface area contributed by atoms with E-state index in [9.17, 15) is 9.59 Å². The first-order valence-electron chi connectivity index (χ1n) is 5.58. The van der Waals surface area contributed by atoms with Crippen LogP contribution >= 0.6 is 11.3 Å². The van der Waals surface area contributed by atoms with Crippen LogP contribution in [0.3, 0.4) is 0 Å². The Morgan fingerprint density at radius 2 is 2.35 bits per heavy atom. The van der Waals surface area contributed by atoms with Gasteiger partial charge in [-0.15, -0.1) is 11.3 Å². The van der Waals surface area contributed by atoms with Gasteiger partial charge in [0.2, 0.25) is 0 Å². The summed E-state index contributed by atoms with van der Waals surface area (Å²) in [6, 6.07) is 1.52. The summed E-state index contributed by atoms with van der Waals surface area (Å²) in [5.41, 5.74) is 0.273. The molecule has 2 N–H and O–H groups in total. The van der Waals surface area contributed by atoms with Gasteiger partial charge in [0.1, 0.15) is 17.2 Å². The predicted molar refractivity (Wildman–Crippen MR) is 70.6 cm³/mol. The number of aliphatic carboxylic acids is 1. The maximum absolute atomic E-state index is 11.9. The number of ether oxygens (including phenoxy) is 1. The maximum Gasteiger partial charge on any atom is 0.325 e. The molecule has 0 aromatic carbocycles. The van der Waals surface area contributed by atoms with E-state index in [1.807, 2.05) is 0 Å². The lowest BCUT2D eigenvalue weighted by atomic mass is 10.4. The van der Waals surface area contributed by atoms with E-state index in [-0.39, 0.29) is 18.1 Å². The van der Waals surface area contributed by atoms with Gasteiger partial charge in [0.05, 0.1) is 6.61 Å². The van der Waals surface area contributed by atoms with Crippen molar-refractivity contribution in [3.8, 4) is 0 Å². The third-order valence-corrected chi connectivity index (χ3v) is 3.05. The van der Waals surface area contributed by atoms with Crippen LogP contribution in [0.1, 0.15) is 15.5 Å². The molecule has 0 atom stereocenters. The van der Waals surface area contributed by atoms with Crippen molar-refractivity contribution < 1.29 is 19.4 Å². The molecule has 106 valence electrons. The van der Waals surface area contributed by atoms with Gasteiger partial charge in [-0.3, -0.25) is 14.3 Å². The van der Waals surface area contributed by atoms with Crippen LogP contribution in [0.2, 0.25) is 0 Å². The smallest absolute Gasteiger partial charge is 0.325 e. The fourth-order valence-electron chi connectivity index (χ4n) is 1.44. The normalized spacial score (nSPS) is 10.4. The highest BCUT2D eigenvalue weighted by Crippen LogP contribution is 2.12. The number of anilines is 1. The minimum absolute atomic E-state index is 0.259. The molecule has 1 amide bonds. The summed E-state index contributed by atoms with van der Waals surface area (Å²) >= 11 is 1.33. The lowest BCUT2D eigenvalue weighted by Crippen LogP contribution is -2.14. The van der Waals surface area contributed by atoms with Crippen LogP contribution in [0.5, 0.6) is 0 Å². The van der Waals surface area contributed by atoms with Crippen molar-refractivity contribution in [2.24, 2.45) is 0 Å². The molecule has 9 heteroatoms. The van der Waals surface area contributed by atoms with Gasteiger partial charge in [0.25, 0.3) is 5.91 Å². The zero-order valence-corrected chi connectivity index (χ0v) is 11.4. The van der Waals surface area contributed by atoms with Crippen molar-refractivity contribution in [3.05, 3.63) is 28.3 Å². The van der Waals surface area contributed by atoms with Crippen molar-refractivity contribution >= 4 is 29.0 Å². The Morgan fingerprint density at radius 3 is 3.05 bits per heavy atom. The molecule has 0 aliphatic carbocycles. The van der Waals surface area contributed by atoms with Gasteiger partial charge in [-0.25, -0.2) is 4.98 Å². The molecule has 8 nitrogen and oxygen atoms in total. The zero-order valence-electron chi connectivity index (χ0n) is 10.6. The van der Waals surface area contributed by atoms with Crippen LogP contribution in [0, 0.1) is 0 Å². The third-order valence-electron chi connectivity index (χ3n) is 2.23. The number of carbonyl (C=O) groups is 2. The van der Waals surface area contributed by atoms with Gasteiger partial charge in [-0.1, -0.05) is 0 Å². The maximum atomic E-state index is 11.9. The summed E-state index contributed by atoms with van der Waals surface area (Å²) in [5, 5.41) is 17.4. The van der Waals surface area contributed by atoms with Crippen molar-refractivity contribution in [2.45, 2.75) is 13.2 Å². The van der Waals surface area contributed by atoms with E-state index < -0.39 is 11.9 Å². The fraction of sp³-hybridized carbons (Fsp3) is 0.273. The van der Waals surface area contributed by atoms with Crippen LogP contribution in [0.4, 0.5) is 5.82 Å². The summed E-state index contributed by atoms with van der Waals surface area (Å²) in [4.78, 5) is 26.5. The standard InChI is InChI=1S/C11H12N4O4S/c1-19-5-9-12-7(6-20-9)11(18)13-8-2-3-15(14-8)4-10(16)17/h2-3,6H,4-5H2,1H3,(H,16,17)(H,13,14,18). The molecule has 2 heterocycles. The topological polar surface area (TPSA) is 106 Å². The van der Waals surface area contributed by atoms with Crippen LogP contribution in [-0.2, 0) is 22.7 Å². The van der Waals surface area contributed by atoms with E-state index >= 15 is 0 Å². The minimum Gasteiger partial charge on any atom is -0.480 e. The van der Waals surface area contributed by atoms with Crippen molar-refractivity contribution in [1.29, 1.82) is 0 Å². The second kappa shape index (κ2) is 6.26. The number of nitrogens with one attached hydrogen (secondary N) is 1. The lowest BCUT2D eigenvalue weighted by molar-refractivity contribution is -0.137. The van der Waals surface area contributed by atoms with Crippen LogP contribution in [-0.4, -0.2) is 38.9 Å². The van der Waals surface area contributed by atoms with Crippen molar-refractivity contribution in [1.82, 2.24) is 14.8 Å². The van der Waals surface area contributed by atoms with E-state index in [1.165, 1.54) is 28.3 Å². The van der Waals surface area contributed by atoms with E-state index in [2.05, 4.69) is 15.4 Å². The van der Waals surface area contributed by atoms with Gasteiger partial charge in [0, 0.05) is 24.8 Å². The number of carbonyl (C=O) groups excluding carboxylic acids is 1. The van der Waals surface area contributed by atoms with Crippen molar-refractivity contribution in [3.63, 3.8) is 0 Å². The molecule has 20 heavy (non-hydrogen) atoms. The molecule has 0 bridgehead atoms. The first kappa shape index (κ1) is 14.2. The van der Waals surface area contributed by atoms with Gasteiger partial charge < -0.3 is 15.2 Å². The fourth-order valence-corrected chi connectivity index (χ4v) is 2.18. The average Bonchev–Trinajstić information content (AvgIpc) is 2.99. The number of carboxylic acid groups (broad SMARTS) is 1. The SMILES string of the molecule is COCc1nc(C(=O)Nc2ccn(CC(=O)O)n2)cs1. The second-order valence-corrected chi connectivity index (χ2v) is 4.75. The molecule has 2 aromatic rings. The quantitative estimate of drug-likeness (QED) is 0.817. The lowest BCUT2D eigenvalue weighted by Gasteiger charge is -1.98. The molecule has 0 aliphatic rings.